The minimum Gasteiger partial charge on any atom is -0.507 e. The topological polar surface area (TPSA) is 57.5 Å². The Labute approximate surface area is 134 Å². The first-order valence-corrected chi connectivity index (χ1v) is 8.28. The number of aldehydes is 1. The first kappa shape index (κ1) is 18.5. The summed E-state index contributed by atoms with van der Waals surface area (Å²) in [7, 11) is 0. The lowest BCUT2D eigenvalue weighted by molar-refractivity contribution is 0.112. The molecular formula is C19H30O3. The highest BCUT2D eigenvalue weighted by Gasteiger charge is 2.19. The summed E-state index contributed by atoms with van der Waals surface area (Å²) in [5.74, 6) is 1.36. The molecule has 2 N–H and O–H groups in total. The van der Waals surface area contributed by atoms with Crippen LogP contribution in [0.2, 0.25) is 0 Å². The van der Waals surface area contributed by atoms with Crippen LogP contribution < -0.4 is 0 Å². The maximum Gasteiger partial charge on any atom is 0.154 e. The largest absolute Gasteiger partial charge is 0.507 e. The number of carbonyl (C=O) groups is 1. The molecule has 3 nitrogen and oxygen atoms in total. The summed E-state index contributed by atoms with van der Waals surface area (Å²) in [5, 5.41) is 20.5. The summed E-state index contributed by atoms with van der Waals surface area (Å²) < 4.78 is 0. The Morgan fingerprint density at radius 3 is 2.14 bits per heavy atom. The van der Waals surface area contributed by atoms with Crippen LogP contribution in [0.25, 0.3) is 0 Å². The lowest BCUT2D eigenvalue weighted by Crippen LogP contribution is -2.02. The molecule has 0 radical (unpaired) electrons. The maximum absolute atomic E-state index is 11.2. The standard InChI is InChI=1S/C19H30O3/c1-12(2)7-6-8-13(3)9-10-16-18(21)15(5)14(4)17(11-20)19(16)22/h11-13,21-22H,6-10H2,1-5H3. The molecule has 0 saturated carbocycles. The average Bonchev–Trinajstić information content (AvgIpc) is 2.45. The molecule has 1 aromatic rings. The SMILES string of the molecule is Cc1c(C)c(C=O)c(O)c(CCC(C)CCCC(C)C)c1O. The number of hydrogen-bond acceptors (Lipinski definition) is 3. The Morgan fingerprint density at radius 2 is 1.59 bits per heavy atom. The molecule has 0 spiro atoms. The minimum atomic E-state index is -0.0509. The van der Waals surface area contributed by atoms with Crippen LogP contribution in [0, 0.1) is 25.7 Å². The van der Waals surface area contributed by atoms with Gasteiger partial charge >= 0.3 is 0 Å². The van der Waals surface area contributed by atoms with Gasteiger partial charge in [-0.25, -0.2) is 0 Å². The predicted molar refractivity (Wildman–Crippen MR) is 90.8 cm³/mol. The van der Waals surface area contributed by atoms with Gasteiger partial charge in [-0.3, -0.25) is 4.79 Å². The zero-order chi connectivity index (χ0) is 16.9. The highest BCUT2D eigenvalue weighted by Crippen LogP contribution is 2.37. The molecule has 1 aromatic carbocycles. The number of benzene rings is 1. The smallest absolute Gasteiger partial charge is 0.154 e. The van der Waals surface area contributed by atoms with Gasteiger partial charge in [0.1, 0.15) is 11.5 Å². The number of rotatable bonds is 8. The van der Waals surface area contributed by atoms with Crippen LogP contribution in [0.4, 0.5) is 0 Å². The van der Waals surface area contributed by atoms with Crippen LogP contribution in [0.5, 0.6) is 11.5 Å². The summed E-state index contributed by atoms with van der Waals surface area (Å²) in [5.41, 5.74) is 2.15. The Bertz CT molecular complexity index is 518. The van der Waals surface area contributed by atoms with Crippen molar-refractivity contribution < 1.29 is 15.0 Å². The van der Waals surface area contributed by atoms with Gasteiger partial charge in [0, 0.05) is 5.56 Å². The fourth-order valence-electron chi connectivity index (χ4n) is 2.85. The van der Waals surface area contributed by atoms with Crippen molar-refractivity contribution >= 4 is 6.29 Å². The van der Waals surface area contributed by atoms with E-state index < -0.39 is 0 Å². The van der Waals surface area contributed by atoms with Crippen LogP contribution in [0.1, 0.15) is 73.5 Å². The van der Waals surface area contributed by atoms with E-state index in [-0.39, 0.29) is 11.5 Å². The van der Waals surface area contributed by atoms with Crippen molar-refractivity contribution in [1.29, 1.82) is 0 Å². The zero-order valence-corrected chi connectivity index (χ0v) is 14.6. The second-order valence-corrected chi connectivity index (χ2v) is 6.93. The van der Waals surface area contributed by atoms with Gasteiger partial charge in [0.05, 0.1) is 5.56 Å². The Kier molecular flexibility index (Phi) is 6.92. The first-order valence-electron chi connectivity index (χ1n) is 8.28. The van der Waals surface area contributed by atoms with E-state index in [4.69, 9.17) is 0 Å². The molecule has 0 heterocycles. The highest BCUT2D eigenvalue weighted by molar-refractivity contribution is 5.84. The van der Waals surface area contributed by atoms with Crippen LogP contribution in [0.3, 0.4) is 0 Å². The van der Waals surface area contributed by atoms with Gasteiger partial charge in [-0.1, -0.05) is 40.0 Å². The van der Waals surface area contributed by atoms with Crippen molar-refractivity contribution in [2.24, 2.45) is 11.8 Å². The quantitative estimate of drug-likeness (QED) is 0.670. The molecule has 0 aliphatic carbocycles. The Balaban J connectivity index is 2.78. The van der Waals surface area contributed by atoms with E-state index >= 15 is 0 Å². The van der Waals surface area contributed by atoms with Crippen molar-refractivity contribution in [2.75, 3.05) is 0 Å². The molecule has 0 saturated heterocycles. The van der Waals surface area contributed by atoms with Gasteiger partial charge in [-0.2, -0.15) is 0 Å². The second-order valence-electron chi connectivity index (χ2n) is 6.93. The fourth-order valence-corrected chi connectivity index (χ4v) is 2.85. The van der Waals surface area contributed by atoms with Crippen molar-refractivity contribution in [3.05, 3.63) is 22.3 Å². The van der Waals surface area contributed by atoms with E-state index in [0.717, 1.165) is 18.8 Å². The zero-order valence-electron chi connectivity index (χ0n) is 14.6. The molecule has 0 fully saturated rings. The normalized spacial score (nSPS) is 12.6. The lowest BCUT2D eigenvalue weighted by atomic mass is 9.90. The Hall–Kier alpha value is -1.51. The third-order valence-electron chi connectivity index (χ3n) is 4.63. The molecule has 0 aliphatic heterocycles. The summed E-state index contributed by atoms with van der Waals surface area (Å²) in [4.78, 5) is 11.2. The molecule has 0 aromatic heterocycles. The third-order valence-corrected chi connectivity index (χ3v) is 4.63. The van der Waals surface area contributed by atoms with Gasteiger partial charge in [-0.05, 0) is 49.7 Å². The van der Waals surface area contributed by atoms with E-state index in [9.17, 15) is 15.0 Å². The summed E-state index contributed by atoms with van der Waals surface area (Å²) in [6.07, 6.45) is 5.78. The minimum absolute atomic E-state index is 0.0509. The van der Waals surface area contributed by atoms with Gasteiger partial charge in [-0.15, -0.1) is 0 Å². The molecule has 0 amide bonds. The number of carbonyl (C=O) groups excluding carboxylic acids is 1. The van der Waals surface area contributed by atoms with Crippen LogP contribution in [-0.4, -0.2) is 16.5 Å². The average molecular weight is 306 g/mol. The van der Waals surface area contributed by atoms with Crippen molar-refractivity contribution in [3.8, 4) is 11.5 Å². The highest BCUT2D eigenvalue weighted by atomic mass is 16.3. The molecule has 22 heavy (non-hydrogen) atoms. The summed E-state index contributed by atoms with van der Waals surface area (Å²) in [6.45, 7) is 10.2. The predicted octanol–water partition coefficient (Wildman–Crippen LogP) is 4.92. The van der Waals surface area contributed by atoms with E-state index in [1.54, 1.807) is 13.8 Å². The summed E-state index contributed by atoms with van der Waals surface area (Å²) in [6, 6.07) is 0. The van der Waals surface area contributed by atoms with E-state index in [1.807, 2.05) is 0 Å². The van der Waals surface area contributed by atoms with Crippen LogP contribution >= 0.6 is 0 Å². The summed E-state index contributed by atoms with van der Waals surface area (Å²) >= 11 is 0. The van der Waals surface area contributed by atoms with Crippen molar-refractivity contribution in [2.45, 2.75) is 66.7 Å². The van der Waals surface area contributed by atoms with Gasteiger partial charge in [0.2, 0.25) is 0 Å². The number of hydrogen-bond donors (Lipinski definition) is 2. The van der Waals surface area contributed by atoms with Crippen LogP contribution in [-0.2, 0) is 6.42 Å². The lowest BCUT2D eigenvalue weighted by Gasteiger charge is -2.17. The molecule has 3 heteroatoms. The van der Waals surface area contributed by atoms with Gasteiger partial charge in [0.25, 0.3) is 0 Å². The van der Waals surface area contributed by atoms with Crippen LogP contribution in [0.15, 0.2) is 0 Å². The van der Waals surface area contributed by atoms with E-state index in [2.05, 4.69) is 20.8 Å². The van der Waals surface area contributed by atoms with E-state index in [1.165, 1.54) is 12.8 Å². The second kappa shape index (κ2) is 8.21. The maximum atomic E-state index is 11.2. The molecule has 1 rings (SSSR count). The first-order chi connectivity index (χ1) is 10.3. The number of phenolic OH excluding ortho intramolecular Hbond substituents is 2. The molecular weight excluding hydrogens is 276 g/mol. The molecule has 1 unspecified atom stereocenters. The fraction of sp³-hybridized carbons (Fsp3) is 0.632. The molecule has 0 aliphatic rings. The number of aromatic hydroxyl groups is 2. The van der Waals surface area contributed by atoms with Gasteiger partial charge in [0.15, 0.2) is 6.29 Å². The third kappa shape index (κ3) is 4.49. The molecule has 0 bridgehead atoms. The van der Waals surface area contributed by atoms with Crippen molar-refractivity contribution in [3.63, 3.8) is 0 Å². The monoisotopic (exact) mass is 306 g/mol. The number of phenols is 2. The van der Waals surface area contributed by atoms with Gasteiger partial charge < -0.3 is 10.2 Å². The molecule has 124 valence electrons. The van der Waals surface area contributed by atoms with E-state index in [0.29, 0.717) is 40.9 Å². The Morgan fingerprint density at radius 1 is 0.955 bits per heavy atom. The van der Waals surface area contributed by atoms with Crippen molar-refractivity contribution in [1.82, 2.24) is 0 Å². The molecule has 1 atom stereocenters.